The van der Waals surface area contributed by atoms with Crippen molar-refractivity contribution in [2.24, 2.45) is 5.73 Å². The Kier molecular flexibility index (Phi) is 4.39. The zero-order valence-electron chi connectivity index (χ0n) is 11.0. The third kappa shape index (κ3) is 2.92. The van der Waals surface area contributed by atoms with Crippen LogP contribution in [0.25, 0.3) is 0 Å². The van der Waals surface area contributed by atoms with Gasteiger partial charge < -0.3 is 10.6 Å². The van der Waals surface area contributed by atoms with E-state index in [-0.39, 0.29) is 6.04 Å². The van der Waals surface area contributed by atoms with Gasteiger partial charge in [-0.25, -0.2) is 0 Å². The standard InChI is InChI=1S/C15H20N2S/c1-3-17(11-13-7-6-10-18-13)15-9-5-4-8-14(15)12(2)16/h4-10,12H,3,11,16H2,1-2H3/t12-/m0/s1. The summed E-state index contributed by atoms with van der Waals surface area (Å²) in [5.41, 5.74) is 8.53. The smallest absolute Gasteiger partial charge is 0.0522 e. The highest BCUT2D eigenvalue weighted by Gasteiger charge is 2.12. The van der Waals surface area contributed by atoms with E-state index in [1.165, 1.54) is 16.1 Å². The summed E-state index contributed by atoms with van der Waals surface area (Å²) in [6, 6.07) is 12.8. The first-order valence-corrected chi connectivity index (χ1v) is 7.22. The van der Waals surface area contributed by atoms with Crippen molar-refractivity contribution in [2.45, 2.75) is 26.4 Å². The second-order valence-corrected chi connectivity index (χ2v) is 5.47. The van der Waals surface area contributed by atoms with E-state index < -0.39 is 0 Å². The van der Waals surface area contributed by atoms with Crippen molar-refractivity contribution in [3.63, 3.8) is 0 Å². The third-order valence-corrected chi connectivity index (χ3v) is 3.94. The first-order valence-electron chi connectivity index (χ1n) is 6.34. The first kappa shape index (κ1) is 13.1. The van der Waals surface area contributed by atoms with Crippen LogP contribution in [0.15, 0.2) is 41.8 Å². The van der Waals surface area contributed by atoms with Crippen molar-refractivity contribution < 1.29 is 0 Å². The van der Waals surface area contributed by atoms with Crippen molar-refractivity contribution in [1.29, 1.82) is 0 Å². The lowest BCUT2D eigenvalue weighted by Gasteiger charge is -2.26. The lowest BCUT2D eigenvalue weighted by atomic mass is 10.1. The molecule has 2 nitrogen and oxygen atoms in total. The number of anilines is 1. The lowest BCUT2D eigenvalue weighted by Crippen LogP contribution is -2.24. The largest absolute Gasteiger partial charge is 0.366 e. The molecule has 2 aromatic rings. The monoisotopic (exact) mass is 260 g/mol. The maximum atomic E-state index is 6.06. The molecule has 2 N–H and O–H groups in total. The summed E-state index contributed by atoms with van der Waals surface area (Å²) in [6.45, 7) is 6.17. The zero-order chi connectivity index (χ0) is 13.0. The van der Waals surface area contributed by atoms with Gasteiger partial charge >= 0.3 is 0 Å². The average Bonchev–Trinajstić information content (AvgIpc) is 2.88. The number of nitrogens with zero attached hydrogens (tertiary/aromatic N) is 1. The molecule has 18 heavy (non-hydrogen) atoms. The Bertz CT molecular complexity index is 477. The molecule has 3 heteroatoms. The highest BCUT2D eigenvalue weighted by atomic mass is 32.1. The van der Waals surface area contributed by atoms with Crippen LogP contribution in [-0.2, 0) is 6.54 Å². The van der Waals surface area contributed by atoms with Gasteiger partial charge in [0.15, 0.2) is 0 Å². The highest BCUT2D eigenvalue weighted by Crippen LogP contribution is 2.27. The van der Waals surface area contributed by atoms with Gasteiger partial charge in [-0.15, -0.1) is 11.3 Å². The van der Waals surface area contributed by atoms with Gasteiger partial charge in [0.25, 0.3) is 0 Å². The number of rotatable bonds is 5. The van der Waals surface area contributed by atoms with E-state index in [0.717, 1.165) is 13.1 Å². The van der Waals surface area contributed by atoms with Crippen LogP contribution in [0, 0.1) is 0 Å². The number of para-hydroxylation sites is 1. The van der Waals surface area contributed by atoms with Crippen molar-refractivity contribution in [3.05, 3.63) is 52.2 Å². The molecular formula is C15H20N2S. The van der Waals surface area contributed by atoms with Crippen molar-refractivity contribution in [3.8, 4) is 0 Å². The minimum Gasteiger partial charge on any atom is -0.366 e. The molecule has 1 heterocycles. The molecule has 96 valence electrons. The Morgan fingerprint density at radius 1 is 1.22 bits per heavy atom. The number of thiophene rings is 1. The van der Waals surface area contributed by atoms with Crippen LogP contribution >= 0.6 is 11.3 Å². The van der Waals surface area contributed by atoms with Crippen LogP contribution in [0.1, 0.15) is 30.3 Å². The summed E-state index contributed by atoms with van der Waals surface area (Å²) >= 11 is 1.80. The second-order valence-electron chi connectivity index (χ2n) is 4.44. The zero-order valence-corrected chi connectivity index (χ0v) is 11.8. The molecule has 0 saturated carbocycles. The average molecular weight is 260 g/mol. The van der Waals surface area contributed by atoms with E-state index in [2.05, 4.69) is 53.6 Å². The fourth-order valence-electron chi connectivity index (χ4n) is 2.12. The number of benzene rings is 1. The minimum absolute atomic E-state index is 0.0681. The Labute approximate surface area is 113 Å². The molecule has 0 saturated heterocycles. The molecule has 0 spiro atoms. The molecule has 0 unspecified atom stereocenters. The molecule has 0 aliphatic heterocycles. The quantitative estimate of drug-likeness (QED) is 0.886. The Morgan fingerprint density at radius 2 is 2.00 bits per heavy atom. The molecule has 0 radical (unpaired) electrons. The highest BCUT2D eigenvalue weighted by molar-refractivity contribution is 7.09. The summed E-state index contributed by atoms with van der Waals surface area (Å²) in [4.78, 5) is 3.76. The third-order valence-electron chi connectivity index (χ3n) is 3.08. The molecule has 1 aromatic carbocycles. The number of hydrogen-bond donors (Lipinski definition) is 1. The van der Waals surface area contributed by atoms with Gasteiger partial charge in [0.1, 0.15) is 0 Å². The van der Waals surface area contributed by atoms with Crippen molar-refractivity contribution in [2.75, 3.05) is 11.4 Å². The van der Waals surface area contributed by atoms with Gasteiger partial charge in [0, 0.05) is 23.2 Å². The van der Waals surface area contributed by atoms with Gasteiger partial charge in [0.2, 0.25) is 0 Å². The van der Waals surface area contributed by atoms with Crippen LogP contribution in [0.3, 0.4) is 0 Å². The van der Waals surface area contributed by atoms with E-state index in [9.17, 15) is 0 Å². The maximum absolute atomic E-state index is 6.06. The molecule has 1 aromatic heterocycles. The predicted octanol–water partition coefficient (Wildman–Crippen LogP) is 3.79. The minimum atomic E-state index is 0.0681. The second kappa shape index (κ2) is 6.03. The Morgan fingerprint density at radius 3 is 2.61 bits per heavy atom. The van der Waals surface area contributed by atoms with E-state index in [4.69, 9.17) is 5.73 Å². The van der Waals surface area contributed by atoms with Crippen LogP contribution in [0.2, 0.25) is 0 Å². The van der Waals surface area contributed by atoms with Crippen LogP contribution in [-0.4, -0.2) is 6.54 Å². The topological polar surface area (TPSA) is 29.3 Å². The Hall–Kier alpha value is -1.32. The van der Waals surface area contributed by atoms with Gasteiger partial charge in [-0.1, -0.05) is 24.3 Å². The van der Waals surface area contributed by atoms with Gasteiger partial charge in [0.05, 0.1) is 6.54 Å². The maximum Gasteiger partial charge on any atom is 0.0522 e. The number of nitrogens with two attached hydrogens (primary N) is 1. The molecule has 1 atom stereocenters. The fourth-order valence-corrected chi connectivity index (χ4v) is 2.84. The molecule has 0 aliphatic carbocycles. The lowest BCUT2D eigenvalue weighted by molar-refractivity contribution is 0.781. The fraction of sp³-hybridized carbons (Fsp3) is 0.333. The van der Waals surface area contributed by atoms with Gasteiger partial charge in [-0.2, -0.15) is 0 Å². The molecule has 0 amide bonds. The van der Waals surface area contributed by atoms with E-state index in [1.54, 1.807) is 11.3 Å². The van der Waals surface area contributed by atoms with Crippen molar-refractivity contribution in [1.82, 2.24) is 0 Å². The van der Waals surface area contributed by atoms with Crippen LogP contribution < -0.4 is 10.6 Å². The summed E-state index contributed by atoms with van der Waals surface area (Å²) < 4.78 is 0. The van der Waals surface area contributed by atoms with Crippen LogP contribution in [0.5, 0.6) is 0 Å². The van der Waals surface area contributed by atoms with Crippen LogP contribution in [0.4, 0.5) is 5.69 Å². The number of hydrogen-bond acceptors (Lipinski definition) is 3. The van der Waals surface area contributed by atoms with E-state index in [0.29, 0.717) is 0 Å². The molecule has 0 aliphatic rings. The Balaban J connectivity index is 2.27. The summed E-state index contributed by atoms with van der Waals surface area (Å²) in [7, 11) is 0. The van der Waals surface area contributed by atoms with Gasteiger partial charge in [-0.3, -0.25) is 0 Å². The first-order chi connectivity index (χ1) is 8.72. The molecular weight excluding hydrogens is 240 g/mol. The molecule has 2 rings (SSSR count). The summed E-state index contributed by atoms with van der Waals surface area (Å²) in [6.07, 6.45) is 0. The van der Waals surface area contributed by atoms with Crippen molar-refractivity contribution >= 4 is 17.0 Å². The van der Waals surface area contributed by atoms with E-state index >= 15 is 0 Å². The summed E-state index contributed by atoms with van der Waals surface area (Å²) in [5.74, 6) is 0. The normalized spacial score (nSPS) is 12.4. The predicted molar refractivity (Wildman–Crippen MR) is 80.1 cm³/mol. The summed E-state index contributed by atoms with van der Waals surface area (Å²) in [5, 5.41) is 2.13. The SMILES string of the molecule is CCN(Cc1cccs1)c1ccccc1[C@H](C)N. The van der Waals surface area contributed by atoms with E-state index in [1.807, 2.05) is 6.92 Å². The molecule has 0 bridgehead atoms. The van der Waals surface area contributed by atoms with Gasteiger partial charge in [-0.05, 0) is 36.9 Å². The molecule has 0 fully saturated rings.